The van der Waals surface area contributed by atoms with E-state index in [1.165, 1.54) is 11.9 Å². The van der Waals surface area contributed by atoms with Crippen LogP contribution >= 0.6 is 0 Å². The fourth-order valence-corrected chi connectivity index (χ4v) is 8.86. The van der Waals surface area contributed by atoms with E-state index in [4.69, 9.17) is 15.0 Å². The van der Waals surface area contributed by atoms with E-state index in [1.54, 1.807) is 20.1 Å². The van der Waals surface area contributed by atoms with Crippen molar-refractivity contribution >= 4 is 45.3 Å². The van der Waals surface area contributed by atoms with Crippen LogP contribution < -0.4 is 20.7 Å². The summed E-state index contributed by atoms with van der Waals surface area (Å²) in [5.74, 6) is -1.24. The van der Waals surface area contributed by atoms with E-state index in [9.17, 15) is 14.4 Å². The van der Waals surface area contributed by atoms with E-state index in [0.29, 0.717) is 64.0 Å². The predicted octanol–water partition coefficient (Wildman–Crippen LogP) is 5.46. The molecule has 5 heterocycles. The Hall–Kier alpha value is -6.22. The number of nitrogens with one attached hydrogen (secondary N) is 2. The van der Waals surface area contributed by atoms with Crippen LogP contribution in [-0.4, -0.2) is 87.0 Å². The van der Waals surface area contributed by atoms with Crippen molar-refractivity contribution in [3.8, 4) is 17.0 Å². The van der Waals surface area contributed by atoms with Crippen LogP contribution in [0.4, 0.5) is 10.1 Å². The first-order valence-electron chi connectivity index (χ1n) is 19.3. The van der Waals surface area contributed by atoms with Gasteiger partial charge in [0, 0.05) is 55.5 Å². The number of carbonyl (C=O) groups is 3. The zero-order chi connectivity index (χ0) is 39.5. The summed E-state index contributed by atoms with van der Waals surface area (Å²) in [7, 11) is 1.66. The fourth-order valence-electron chi connectivity index (χ4n) is 8.86. The van der Waals surface area contributed by atoms with Crippen LogP contribution in [0.15, 0.2) is 59.4 Å². The summed E-state index contributed by atoms with van der Waals surface area (Å²) >= 11 is 0. The fraction of sp³-hybridized carbons (Fsp3) is 0.357. The van der Waals surface area contributed by atoms with Crippen LogP contribution in [0.25, 0.3) is 33.2 Å². The lowest BCUT2D eigenvalue weighted by Gasteiger charge is -2.47. The molecule has 3 aromatic heterocycles. The number of hydrogen-bond donors (Lipinski definition) is 3. The van der Waals surface area contributed by atoms with Crippen molar-refractivity contribution in [1.82, 2.24) is 35.3 Å². The number of methoxy groups -OCH3 is 1. The molecule has 0 unspecified atom stereocenters. The highest BCUT2D eigenvalue weighted by Gasteiger charge is 2.37. The number of primary amides is 1. The van der Waals surface area contributed by atoms with Crippen LogP contribution in [0.1, 0.15) is 89.1 Å². The normalized spacial score (nSPS) is 20.8. The van der Waals surface area contributed by atoms with Gasteiger partial charge >= 0.3 is 11.8 Å². The lowest BCUT2D eigenvalue weighted by molar-refractivity contribution is -0.134. The van der Waals surface area contributed by atoms with Gasteiger partial charge in [-0.1, -0.05) is 42.4 Å². The Morgan fingerprint density at radius 3 is 2.49 bits per heavy atom. The number of piperidine rings is 1. The number of piperazine rings is 1. The zero-order valence-corrected chi connectivity index (χ0v) is 31.8. The van der Waals surface area contributed by atoms with Crippen LogP contribution in [-0.2, 0) is 9.59 Å². The Morgan fingerprint density at radius 1 is 1.04 bits per heavy atom. The number of benzene rings is 3. The first-order valence-corrected chi connectivity index (χ1v) is 19.3. The number of anilines is 1. The van der Waals surface area contributed by atoms with Gasteiger partial charge in [0.05, 0.1) is 35.3 Å². The quantitative estimate of drug-likeness (QED) is 0.159. The SMILES string of the molecule is COc1cc2c(cc1N1CCN(C3CC(c4ccc([C@@H]5CCC(=O)NC5=O)cc4)C3)CC1)[nH]c1ncnc(-c3ccc([C@@H](C)c4noc(C(N)=O)n4)c(C)c3F)c12. The number of H-pyrrole nitrogens is 1. The van der Waals surface area contributed by atoms with Gasteiger partial charge in [0.1, 0.15) is 23.5 Å². The second-order valence-corrected chi connectivity index (χ2v) is 15.3. The Labute approximate surface area is 327 Å². The van der Waals surface area contributed by atoms with Crippen LogP contribution in [0.2, 0.25) is 0 Å². The third kappa shape index (κ3) is 6.45. The van der Waals surface area contributed by atoms with Crippen molar-refractivity contribution in [2.45, 2.75) is 63.3 Å². The van der Waals surface area contributed by atoms with Crippen molar-refractivity contribution in [3.63, 3.8) is 0 Å². The van der Waals surface area contributed by atoms with Gasteiger partial charge in [0.2, 0.25) is 11.8 Å². The summed E-state index contributed by atoms with van der Waals surface area (Å²) in [6.07, 6.45) is 4.57. The molecule has 4 N–H and O–H groups in total. The minimum absolute atomic E-state index is 0.193. The van der Waals surface area contributed by atoms with E-state index in [0.717, 1.165) is 61.2 Å². The monoisotopic (exact) mass is 771 g/mol. The topological polar surface area (TPSA) is 185 Å². The molecule has 9 rings (SSSR count). The number of aromatic amines is 1. The van der Waals surface area contributed by atoms with Gasteiger partial charge in [-0.2, -0.15) is 4.98 Å². The highest BCUT2D eigenvalue weighted by molar-refractivity contribution is 6.13. The maximum Gasteiger partial charge on any atom is 0.315 e. The predicted molar refractivity (Wildman–Crippen MR) is 210 cm³/mol. The molecule has 0 spiro atoms. The molecule has 2 saturated heterocycles. The number of aromatic nitrogens is 5. The molecule has 3 fully saturated rings. The highest BCUT2D eigenvalue weighted by atomic mass is 19.1. The molecule has 3 aliphatic rings. The number of amides is 3. The van der Waals surface area contributed by atoms with Gasteiger partial charge in [0.25, 0.3) is 0 Å². The smallest absolute Gasteiger partial charge is 0.315 e. The number of ether oxygens (including phenoxy) is 1. The summed E-state index contributed by atoms with van der Waals surface area (Å²) < 4.78 is 27.2. The lowest BCUT2D eigenvalue weighted by atomic mass is 9.74. The van der Waals surface area contributed by atoms with E-state index in [1.807, 2.05) is 19.1 Å². The molecule has 57 heavy (non-hydrogen) atoms. The number of carbonyl (C=O) groups excluding carboxylic acids is 3. The molecule has 2 aliphatic heterocycles. The highest BCUT2D eigenvalue weighted by Crippen LogP contribution is 2.43. The molecule has 3 aromatic carbocycles. The average molecular weight is 772 g/mol. The molecule has 1 saturated carbocycles. The molecule has 1 aliphatic carbocycles. The first kappa shape index (κ1) is 36.4. The molecule has 2 atom stereocenters. The lowest BCUT2D eigenvalue weighted by Crippen LogP contribution is -2.53. The number of nitrogens with zero attached hydrogens (tertiary/aromatic N) is 6. The minimum Gasteiger partial charge on any atom is -0.495 e. The minimum atomic E-state index is -0.828. The van der Waals surface area contributed by atoms with Gasteiger partial charge in [-0.05, 0) is 72.6 Å². The Bertz CT molecular complexity index is 2550. The van der Waals surface area contributed by atoms with Crippen LogP contribution in [0.3, 0.4) is 0 Å². The number of imide groups is 1. The molecule has 14 nitrogen and oxygen atoms in total. The van der Waals surface area contributed by atoms with Crippen molar-refractivity contribution < 1.29 is 28.0 Å². The molecule has 0 radical (unpaired) electrons. The number of halogens is 1. The van der Waals surface area contributed by atoms with Gasteiger partial charge in [-0.25, -0.2) is 14.4 Å². The maximum atomic E-state index is 16.3. The molecular formula is C42H42FN9O5. The third-order valence-electron chi connectivity index (χ3n) is 12.2. The molecule has 292 valence electrons. The van der Waals surface area contributed by atoms with Gasteiger partial charge in [-0.15, -0.1) is 0 Å². The van der Waals surface area contributed by atoms with Crippen molar-refractivity contribution in [1.29, 1.82) is 0 Å². The number of rotatable bonds is 9. The Balaban J connectivity index is 0.897. The number of nitrogens with two attached hydrogens (primary N) is 1. The van der Waals surface area contributed by atoms with Gasteiger partial charge in [0.15, 0.2) is 5.82 Å². The van der Waals surface area contributed by atoms with Crippen LogP contribution in [0, 0.1) is 12.7 Å². The van der Waals surface area contributed by atoms with E-state index < -0.39 is 17.6 Å². The van der Waals surface area contributed by atoms with Crippen molar-refractivity contribution in [2.24, 2.45) is 5.73 Å². The summed E-state index contributed by atoms with van der Waals surface area (Å²) in [6, 6.07) is 16.5. The molecule has 0 bridgehead atoms. The zero-order valence-electron chi connectivity index (χ0n) is 31.8. The standard InChI is InChI=1S/C42H42FN9O5/c1-21-27(22(2)39-49-42(38(44)54)57-50-39)8-9-29(36(21)43)37-35-30-18-33(56-3)32(19-31(30)47-40(35)46-20-45-37)52-14-12-51(13-15-52)26-16-25(17-26)23-4-6-24(7-5-23)28-10-11-34(53)48-41(28)55/h4-9,18-20,22,25-26,28H,10-17H2,1-3H3,(H2,44,54)(H,45,46,47)(H,48,53,55)/t22-,25?,26?,28+/m1/s1. The summed E-state index contributed by atoms with van der Waals surface area (Å²) in [5.41, 5.74) is 11.8. The van der Waals surface area contributed by atoms with E-state index >= 15 is 4.39 Å². The third-order valence-corrected chi connectivity index (χ3v) is 12.2. The average Bonchev–Trinajstić information content (AvgIpc) is 3.84. The van der Waals surface area contributed by atoms with E-state index in [-0.39, 0.29) is 29.4 Å². The first-order chi connectivity index (χ1) is 27.6. The van der Waals surface area contributed by atoms with Gasteiger partial charge < -0.3 is 24.9 Å². The second kappa shape index (κ2) is 14.4. The summed E-state index contributed by atoms with van der Waals surface area (Å²) in [4.78, 5) is 56.9. The number of fused-ring (bicyclic) bond motifs is 3. The summed E-state index contributed by atoms with van der Waals surface area (Å²) in [5, 5.41) is 7.85. The summed E-state index contributed by atoms with van der Waals surface area (Å²) in [6.45, 7) is 7.05. The number of hydrogen-bond acceptors (Lipinski definition) is 11. The molecule has 3 amide bonds. The van der Waals surface area contributed by atoms with Crippen LogP contribution in [0.5, 0.6) is 5.75 Å². The molecule has 6 aromatic rings. The maximum absolute atomic E-state index is 16.3. The van der Waals surface area contributed by atoms with E-state index in [2.05, 4.69) is 70.5 Å². The molecule has 15 heteroatoms. The second-order valence-electron chi connectivity index (χ2n) is 15.3. The Kier molecular flexibility index (Phi) is 9.18. The van der Waals surface area contributed by atoms with Gasteiger partial charge in [-0.3, -0.25) is 24.6 Å². The van der Waals surface area contributed by atoms with Crippen molar-refractivity contribution in [3.05, 3.63) is 94.6 Å². The Morgan fingerprint density at radius 2 is 1.79 bits per heavy atom. The van der Waals surface area contributed by atoms with Crippen molar-refractivity contribution in [2.75, 3.05) is 38.2 Å². The largest absolute Gasteiger partial charge is 0.495 e. The molecular weight excluding hydrogens is 730 g/mol.